The van der Waals surface area contributed by atoms with Gasteiger partial charge in [0.05, 0.1) is 19.4 Å². The summed E-state index contributed by atoms with van der Waals surface area (Å²) in [5, 5.41) is 7.97. The fraction of sp³-hybridized carbons (Fsp3) is 0.391. The fourth-order valence-electron chi connectivity index (χ4n) is 3.32. The van der Waals surface area contributed by atoms with Gasteiger partial charge in [0.25, 0.3) is 0 Å². The van der Waals surface area contributed by atoms with Crippen molar-refractivity contribution in [3.05, 3.63) is 65.7 Å². The molecule has 0 radical (unpaired) electrons. The number of ether oxygens (including phenoxy) is 1. The Morgan fingerprint density at radius 2 is 1.87 bits per heavy atom. The van der Waals surface area contributed by atoms with Crippen molar-refractivity contribution in [2.24, 2.45) is 5.10 Å². The first-order valence-electron chi connectivity index (χ1n) is 10.5. The van der Waals surface area contributed by atoms with Crippen LogP contribution >= 0.6 is 12.2 Å². The summed E-state index contributed by atoms with van der Waals surface area (Å²) >= 11 is 5.28. The van der Waals surface area contributed by atoms with Gasteiger partial charge in [-0.25, -0.2) is 0 Å². The van der Waals surface area contributed by atoms with E-state index in [2.05, 4.69) is 81.1 Å². The Labute approximate surface area is 184 Å². The van der Waals surface area contributed by atoms with E-state index in [1.807, 2.05) is 6.07 Å². The standard InChI is InChI=1S/C23H31N5OS/c1-2-28(19-21-6-4-3-5-7-21)22-10-8-20(9-11-22)18-25-26-23(30)24-12-13-27-14-16-29-17-15-27/h3-11,18H,2,12-17,19H2,1H3,(H2,24,26,30)/b25-18-. The molecule has 0 aliphatic carbocycles. The Balaban J connectivity index is 1.41. The maximum atomic E-state index is 5.35. The molecule has 30 heavy (non-hydrogen) atoms. The molecule has 0 aromatic heterocycles. The molecule has 2 aromatic carbocycles. The quantitative estimate of drug-likeness (QED) is 0.366. The van der Waals surface area contributed by atoms with Crippen molar-refractivity contribution in [2.75, 3.05) is 50.8 Å². The molecule has 1 fully saturated rings. The van der Waals surface area contributed by atoms with E-state index >= 15 is 0 Å². The molecule has 3 rings (SSSR count). The second-order valence-electron chi connectivity index (χ2n) is 7.17. The zero-order valence-electron chi connectivity index (χ0n) is 17.6. The van der Waals surface area contributed by atoms with Gasteiger partial charge in [-0.05, 0) is 42.4 Å². The lowest BCUT2D eigenvalue weighted by molar-refractivity contribution is 0.0389. The highest BCUT2D eigenvalue weighted by Gasteiger charge is 2.09. The molecule has 0 bridgehead atoms. The van der Waals surface area contributed by atoms with Crippen molar-refractivity contribution in [1.29, 1.82) is 0 Å². The fourth-order valence-corrected chi connectivity index (χ4v) is 3.47. The minimum Gasteiger partial charge on any atom is -0.379 e. The zero-order valence-corrected chi connectivity index (χ0v) is 18.4. The van der Waals surface area contributed by atoms with Gasteiger partial charge >= 0.3 is 0 Å². The number of hydrogen-bond donors (Lipinski definition) is 2. The largest absolute Gasteiger partial charge is 0.379 e. The average Bonchev–Trinajstić information content (AvgIpc) is 2.79. The first kappa shape index (κ1) is 22.2. The van der Waals surface area contributed by atoms with Crippen LogP contribution in [0.1, 0.15) is 18.1 Å². The highest BCUT2D eigenvalue weighted by atomic mass is 32.1. The van der Waals surface area contributed by atoms with Gasteiger partial charge in [0.1, 0.15) is 0 Å². The van der Waals surface area contributed by atoms with Gasteiger partial charge in [-0.3, -0.25) is 10.3 Å². The first-order valence-corrected chi connectivity index (χ1v) is 10.9. The van der Waals surface area contributed by atoms with Crippen molar-refractivity contribution >= 4 is 29.2 Å². The molecule has 1 heterocycles. The van der Waals surface area contributed by atoms with E-state index in [9.17, 15) is 0 Å². The van der Waals surface area contributed by atoms with Crippen molar-refractivity contribution in [1.82, 2.24) is 15.6 Å². The molecule has 7 heteroatoms. The summed E-state index contributed by atoms with van der Waals surface area (Å²) in [6.07, 6.45) is 1.78. The molecule has 6 nitrogen and oxygen atoms in total. The zero-order chi connectivity index (χ0) is 21.0. The molecule has 0 saturated carbocycles. The molecule has 1 saturated heterocycles. The molecule has 1 aliphatic rings. The normalized spacial score (nSPS) is 14.6. The van der Waals surface area contributed by atoms with Gasteiger partial charge in [0, 0.05) is 45.0 Å². The lowest BCUT2D eigenvalue weighted by atomic mass is 10.1. The molecular weight excluding hydrogens is 394 g/mol. The van der Waals surface area contributed by atoms with Crippen LogP contribution in [0.15, 0.2) is 59.7 Å². The lowest BCUT2D eigenvalue weighted by Crippen LogP contribution is -2.42. The average molecular weight is 426 g/mol. The van der Waals surface area contributed by atoms with Crippen LogP contribution in [0.25, 0.3) is 0 Å². The number of rotatable bonds is 9. The van der Waals surface area contributed by atoms with Crippen LogP contribution in [0.5, 0.6) is 0 Å². The van der Waals surface area contributed by atoms with E-state index in [-0.39, 0.29) is 0 Å². The van der Waals surface area contributed by atoms with E-state index in [0.717, 1.165) is 58.0 Å². The summed E-state index contributed by atoms with van der Waals surface area (Å²) < 4.78 is 5.35. The van der Waals surface area contributed by atoms with Gasteiger partial charge in [-0.2, -0.15) is 5.10 Å². The molecule has 0 atom stereocenters. The highest BCUT2D eigenvalue weighted by molar-refractivity contribution is 7.80. The van der Waals surface area contributed by atoms with Crippen LogP contribution < -0.4 is 15.6 Å². The van der Waals surface area contributed by atoms with Crippen LogP contribution in [-0.4, -0.2) is 62.2 Å². The maximum absolute atomic E-state index is 5.35. The minimum absolute atomic E-state index is 0.538. The summed E-state index contributed by atoms with van der Waals surface area (Å²) in [5.74, 6) is 0. The third-order valence-corrected chi connectivity index (χ3v) is 5.29. The monoisotopic (exact) mass is 425 g/mol. The minimum atomic E-state index is 0.538. The SMILES string of the molecule is CCN(Cc1ccccc1)c1ccc(/C=N\NC(=S)NCCN2CCOCC2)cc1. The lowest BCUT2D eigenvalue weighted by Gasteiger charge is -2.26. The van der Waals surface area contributed by atoms with Crippen LogP contribution in [0.4, 0.5) is 5.69 Å². The molecule has 2 aromatic rings. The molecular formula is C23H31N5OS. The van der Waals surface area contributed by atoms with Crippen molar-refractivity contribution in [2.45, 2.75) is 13.5 Å². The number of hydrogen-bond acceptors (Lipinski definition) is 5. The van der Waals surface area contributed by atoms with Crippen LogP contribution in [0.2, 0.25) is 0 Å². The Morgan fingerprint density at radius 3 is 2.57 bits per heavy atom. The number of thiocarbonyl (C=S) groups is 1. The topological polar surface area (TPSA) is 52.1 Å². The maximum Gasteiger partial charge on any atom is 0.187 e. The molecule has 0 amide bonds. The number of morpholine rings is 1. The first-order chi connectivity index (χ1) is 14.7. The van der Waals surface area contributed by atoms with Gasteiger partial charge in [0.15, 0.2) is 5.11 Å². The van der Waals surface area contributed by atoms with Gasteiger partial charge in [0.2, 0.25) is 0 Å². The molecule has 2 N–H and O–H groups in total. The van der Waals surface area contributed by atoms with Crippen LogP contribution in [0, 0.1) is 0 Å². The molecule has 1 aliphatic heterocycles. The van der Waals surface area contributed by atoms with Gasteiger partial charge < -0.3 is 15.0 Å². The number of benzene rings is 2. The van der Waals surface area contributed by atoms with Crippen LogP contribution in [-0.2, 0) is 11.3 Å². The molecule has 0 spiro atoms. The molecule has 160 valence electrons. The Bertz CT molecular complexity index is 791. The predicted octanol–water partition coefficient (Wildman–Crippen LogP) is 2.84. The third-order valence-electron chi connectivity index (χ3n) is 5.05. The van der Waals surface area contributed by atoms with Crippen molar-refractivity contribution in [3.8, 4) is 0 Å². The van der Waals surface area contributed by atoms with Gasteiger partial charge in [-0.1, -0.05) is 42.5 Å². The highest BCUT2D eigenvalue weighted by Crippen LogP contribution is 2.17. The summed E-state index contributed by atoms with van der Waals surface area (Å²) in [5.41, 5.74) is 6.42. The van der Waals surface area contributed by atoms with Gasteiger partial charge in [-0.15, -0.1) is 0 Å². The Kier molecular flexibility index (Phi) is 9.08. The predicted molar refractivity (Wildman–Crippen MR) is 128 cm³/mol. The van der Waals surface area contributed by atoms with E-state index in [1.165, 1.54) is 11.3 Å². The van der Waals surface area contributed by atoms with Crippen molar-refractivity contribution < 1.29 is 4.74 Å². The number of anilines is 1. The summed E-state index contributed by atoms with van der Waals surface area (Å²) in [7, 11) is 0. The van der Waals surface area contributed by atoms with E-state index in [0.29, 0.717) is 5.11 Å². The number of hydrazone groups is 1. The smallest absolute Gasteiger partial charge is 0.187 e. The summed E-state index contributed by atoms with van der Waals surface area (Å²) in [6.45, 7) is 9.37. The van der Waals surface area contributed by atoms with Crippen LogP contribution in [0.3, 0.4) is 0 Å². The summed E-state index contributed by atoms with van der Waals surface area (Å²) in [4.78, 5) is 4.71. The van der Waals surface area contributed by atoms with Crippen molar-refractivity contribution in [3.63, 3.8) is 0 Å². The third kappa shape index (κ3) is 7.40. The summed E-state index contributed by atoms with van der Waals surface area (Å²) in [6, 6.07) is 18.9. The van der Waals surface area contributed by atoms with E-state index < -0.39 is 0 Å². The Hall–Kier alpha value is -2.48. The second-order valence-corrected chi connectivity index (χ2v) is 7.58. The second kappa shape index (κ2) is 12.3. The Morgan fingerprint density at radius 1 is 1.13 bits per heavy atom. The molecule has 0 unspecified atom stereocenters. The number of nitrogens with zero attached hydrogens (tertiary/aromatic N) is 3. The number of nitrogens with one attached hydrogen (secondary N) is 2. The van der Waals surface area contributed by atoms with E-state index in [1.54, 1.807) is 6.21 Å². The van der Waals surface area contributed by atoms with E-state index in [4.69, 9.17) is 17.0 Å².